The maximum absolute atomic E-state index is 6.55. The van der Waals surface area contributed by atoms with Crippen LogP contribution in [0.5, 0.6) is 0 Å². The molecule has 0 spiro atoms. The predicted molar refractivity (Wildman–Crippen MR) is 254 cm³/mol. The van der Waals surface area contributed by atoms with Gasteiger partial charge in [0.2, 0.25) is 0 Å². The molecule has 2 aromatic heterocycles. The van der Waals surface area contributed by atoms with Crippen LogP contribution in [0.1, 0.15) is 0 Å². The van der Waals surface area contributed by atoms with Crippen molar-refractivity contribution in [1.29, 1.82) is 0 Å². The van der Waals surface area contributed by atoms with Crippen molar-refractivity contribution in [2.24, 2.45) is 0 Å². The van der Waals surface area contributed by atoms with Crippen LogP contribution in [0.4, 0.5) is 0 Å². The van der Waals surface area contributed by atoms with Crippen LogP contribution in [0.2, 0.25) is 0 Å². The summed E-state index contributed by atoms with van der Waals surface area (Å²) in [6.45, 7) is 0. The standard InChI is InChI=1S/C58H36N2O/c1-2-13-37(14-3-1)38-25-27-40(28-26-38)53-36-54(47-20-9-8-19-46(47)50-22-12-23-51-48-21-10-11-24-55(48)61-57(50)51)60-58(59-53)42-31-29-41(30-32-42)56-45-18-7-5-16-43(45)35-52-44-17-6-4-15-39(44)33-34-49(52)56/h1-36H. The molecule has 0 fully saturated rings. The van der Waals surface area contributed by atoms with Crippen LogP contribution in [0.15, 0.2) is 223 Å². The SMILES string of the molecule is c1ccc(-c2ccc(-c3cc(-c4ccccc4-c4cccc5c4oc4ccccc45)nc(-c4ccc(-c5c6ccccc6cc6c5ccc5ccccc56)cc4)n3)cc2)cc1. The average molecular weight is 777 g/mol. The van der Waals surface area contributed by atoms with E-state index in [0.717, 1.165) is 72.3 Å². The largest absolute Gasteiger partial charge is 0.455 e. The van der Waals surface area contributed by atoms with Gasteiger partial charge >= 0.3 is 0 Å². The maximum Gasteiger partial charge on any atom is 0.160 e. The van der Waals surface area contributed by atoms with Gasteiger partial charge in [-0.2, -0.15) is 0 Å². The van der Waals surface area contributed by atoms with E-state index in [4.69, 9.17) is 14.4 Å². The number of nitrogens with zero attached hydrogens (tertiary/aromatic N) is 2. The van der Waals surface area contributed by atoms with Gasteiger partial charge in [0.1, 0.15) is 11.2 Å². The summed E-state index contributed by atoms with van der Waals surface area (Å²) in [5.74, 6) is 0.664. The molecule has 0 saturated carbocycles. The van der Waals surface area contributed by atoms with E-state index in [1.165, 1.54) is 43.4 Å². The fraction of sp³-hybridized carbons (Fsp3) is 0. The van der Waals surface area contributed by atoms with Gasteiger partial charge in [-0.15, -0.1) is 0 Å². The molecule has 0 aliphatic carbocycles. The third-order valence-corrected chi connectivity index (χ3v) is 12.1. The van der Waals surface area contributed by atoms with Crippen LogP contribution in [0, 0.1) is 0 Å². The lowest BCUT2D eigenvalue weighted by Crippen LogP contribution is -1.97. The molecule has 0 bridgehead atoms. The number of hydrogen-bond acceptors (Lipinski definition) is 3. The van der Waals surface area contributed by atoms with Gasteiger partial charge in [0.15, 0.2) is 5.82 Å². The van der Waals surface area contributed by atoms with E-state index in [9.17, 15) is 0 Å². The molecule has 3 nitrogen and oxygen atoms in total. The molecule has 12 rings (SSSR count). The molecule has 0 amide bonds. The van der Waals surface area contributed by atoms with E-state index in [1.54, 1.807) is 0 Å². The molecule has 12 aromatic rings. The van der Waals surface area contributed by atoms with Gasteiger partial charge in [-0.25, -0.2) is 9.97 Å². The first-order valence-corrected chi connectivity index (χ1v) is 20.7. The predicted octanol–water partition coefficient (Wildman–Crippen LogP) is 15.8. The van der Waals surface area contributed by atoms with Gasteiger partial charge in [0.25, 0.3) is 0 Å². The first-order valence-electron chi connectivity index (χ1n) is 20.7. The minimum atomic E-state index is 0.664. The first-order chi connectivity index (χ1) is 30.2. The number of aromatic nitrogens is 2. The molecule has 0 aliphatic rings. The normalized spacial score (nSPS) is 11.6. The molecule has 0 N–H and O–H groups in total. The quantitative estimate of drug-likeness (QED) is 0.125. The van der Waals surface area contributed by atoms with Crippen molar-refractivity contribution < 1.29 is 4.42 Å². The summed E-state index contributed by atoms with van der Waals surface area (Å²) in [7, 11) is 0. The smallest absolute Gasteiger partial charge is 0.160 e. The molecular weight excluding hydrogens is 741 g/mol. The number of fused-ring (bicyclic) bond motifs is 7. The average Bonchev–Trinajstić information content (AvgIpc) is 3.73. The van der Waals surface area contributed by atoms with E-state index in [1.807, 2.05) is 18.2 Å². The lowest BCUT2D eigenvalue weighted by molar-refractivity contribution is 0.670. The topological polar surface area (TPSA) is 38.9 Å². The van der Waals surface area contributed by atoms with E-state index < -0.39 is 0 Å². The maximum atomic E-state index is 6.55. The van der Waals surface area contributed by atoms with E-state index in [0.29, 0.717) is 5.82 Å². The lowest BCUT2D eigenvalue weighted by Gasteiger charge is -2.15. The molecule has 0 atom stereocenters. The molecule has 0 saturated heterocycles. The van der Waals surface area contributed by atoms with Crippen molar-refractivity contribution in [3.05, 3.63) is 218 Å². The molecule has 284 valence electrons. The second-order valence-corrected chi connectivity index (χ2v) is 15.7. The zero-order valence-corrected chi connectivity index (χ0v) is 33.1. The minimum absolute atomic E-state index is 0.664. The van der Waals surface area contributed by atoms with Gasteiger partial charge in [-0.1, -0.05) is 200 Å². The van der Waals surface area contributed by atoms with Crippen molar-refractivity contribution in [2.75, 3.05) is 0 Å². The Bertz CT molecular complexity index is 3620. The second-order valence-electron chi connectivity index (χ2n) is 15.7. The molecule has 0 aliphatic heterocycles. The Kier molecular flexibility index (Phi) is 8.17. The Labute approximate surface area is 352 Å². The number of rotatable bonds is 6. The summed E-state index contributed by atoms with van der Waals surface area (Å²) >= 11 is 0. The highest BCUT2D eigenvalue weighted by atomic mass is 16.3. The Morgan fingerprint density at radius 2 is 0.885 bits per heavy atom. The van der Waals surface area contributed by atoms with Crippen LogP contribution in [-0.4, -0.2) is 9.97 Å². The highest BCUT2D eigenvalue weighted by Gasteiger charge is 2.19. The van der Waals surface area contributed by atoms with Crippen molar-refractivity contribution in [2.45, 2.75) is 0 Å². The second kappa shape index (κ2) is 14.3. The van der Waals surface area contributed by atoms with E-state index in [2.05, 4.69) is 200 Å². The number of hydrogen-bond donors (Lipinski definition) is 0. The van der Waals surface area contributed by atoms with Crippen LogP contribution in [0.3, 0.4) is 0 Å². The first kappa shape index (κ1) is 34.9. The van der Waals surface area contributed by atoms with Crippen LogP contribution in [0.25, 0.3) is 122 Å². The third-order valence-electron chi connectivity index (χ3n) is 12.1. The summed E-state index contributed by atoms with van der Waals surface area (Å²) < 4.78 is 6.55. The number of para-hydroxylation sites is 2. The molecular formula is C58H36N2O. The monoisotopic (exact) mass is 776 g/mol. The molecule has 0 unspecified atom stereocenters. The molecule has 61 heavy (non-hydrogen) atoms. The van der Waals surface area contributed by atoms with Gasteiger partial charge in [0, 0.05) is 33.0 Å². The Morgan fingerprint density at radius 3 is 1.72 bits per heavy atom. The van der Waals surface area contributed by atoms with Gasteiger partial charge in [0.05, 0.1) is 11.4 Å². The third kappa shape index (κ3) is 5.98. The summed E-state index contributed by atoms with van der Waals surface area (Å²) in [6, 6.07) is 77.4. The van der Waals surface area contributed by atoms with Crippen molar-refractivity contribution in [3.63, 3.8) is 0 Å². The Morgan fingerprint density at radius 1 is 0.295 bits per heavy atom. The van der Waals surface area contributed by atoms with Crippen molar-refractivity contribution >= 4 is 54.3 Å². The molecule has 10 aromatic carbocycles. The van der Waals surface area contributed by atoms with Gasteiger partial charge in [-0.3, -0.25) is 0 Å². The number of benzene rings is 10. The summed E-state index contributed by atoms with van der Waals surface area (Å²) in [6.07, 6.45) is 0. The van der Waals surface area contributed by atoms with Crippen molar-refractivity contribution in [1.82, 2.24) is 9.97 Å². The van der Waals surface area contributed by atoms with E-state index >= 15 is 0 Å². The molecule has 3 heteroatoms. The molecule has 2 heterocycles. The Balaban J connectivity index is 1.02. The van der Waals surface area contributed by atoms with Crippen LogP contribution < -0.4 is 0 Å². The lowest BCUT2D eigenvalue weighted by atomic mass is 9.89. The summed E-state index contributed by atoms with van der Waals surface area (Å²) in [5.41, 5.74) is 13.2. The Hall–Kier alpha value is -8.14. The highest BCUT2D eigenvalue weighted by molar-refractivity contribution is 6.20. The van der Waals surface area contributed by atoms with Crippen LogP contribution in [-0.2, 0) is 0 Å². The summed E-state index contributed by atoms with van der Waals surface area (Å²) in [4.78, 5) is 10.7. The van der Waals surface area contributed by atoms with Gasteiger partial charge in [-0.05, 0) is 78.3 Å². The van der Waals surface area contributed by atoms with E-state index in [-0.39, 0.29) is 0 Å². The van der Waals surface area contributed by atoms with Crippen LogP contribution >= 0.6 is 0 Å². The number of furan rings is 1. The summed E-state index contributed by atoms with van der Waals surface area (Å²) in [5, 5.41) is 9.65. The minimum Gasteiger partial charge on any atom is -0.455 e. The van der Waals surface area contributed by atoms with Crippen molar-refractivity contribution in [3.8, 4) is 67.3 Å². The molecule has 0 radical (unpaired) electrons. The zero-order chi connectivity index (χ0) is 40.3. The zero-order valence-electron chi connectivity index (χ0n) is 33.1. The van der Waals surface area contributed by atoms with Gasteiger partial charge < -0.3 is 4.42 Å². The fourth-order valence-electron chi connectivity index (χ4n) is 9.14. The highest BCUT2D eigenvalue weighted by Crippen LogP contribution is 2.42. The fourth-order valence-corrected chi connectivity index (χ4v) is 9.14.